The average Bonchev–Trinajstić information content (AvgIpc) is 2.03. The third-order valence-corrected chi connectivity index (χ3v) is 4.46. The van der Waals surface area contributed by atoms with E-state index in [1.54, 1.807) is 0 Å². The molecular formula is C10H16O. The van der Waals surface area contributed by atoms with E-state index in [0.29, 0.717) is 5.92 Å². The van der Waals surface area contributed by atoms with E-state index in [2.05, 4.69) is 0 Å². The molecule has 62 valence electrons. The summed E-state index contributed by atoms with van der Waals surface area (Å²) in [6, 6.07) is 0. The fraction of sp³-hybridized carbons (Fsp3) is 1.00. The van der Waals surface area contributed by atoms with Gasteiger partial charge >= 0.3 is 0 Å². The Morgan fingerprint density at radius 2 is 2.00 bits per heavy atom. The highest BCUT2D eigenvalue weighted by molar-refractivity contribution is 5.05. The lowest BCUT2D eigenvalue weighted by atomic mass is 9.51. The zero-order valence-corrected chi connectivity index (χ0v) is 6.92. The Balaban J connectivity index is 1.99. The Kier molecular flexibility index (Phi) is 1.07. The largest absolute Gasteiger partial charge is 0.390 e. The minimum Gasteiger partial charge on any atom is -0.390 e. The Morgan fingerprint density at radius 1 is 1.09 bits per heavy atom. The van der Waals surface area contributed by atoms with Crippen molar-refractivity contribution in [2.45, 2.75) is 44.1 Å². The first-order valence-corrected chi connectivity index (χ1v) is 5.00. The molecule has 0 spiro atoms. The van der Waals surface area contributed by atoms with E-state index in [4.69, 9.17) is 0 Å². The van der Waals surface area contributed by atoms with Crippen LogP contribution in [-0.2, 0) is 0 Å². The van der Waals surface area contributed by atoms with Gasteiger partial charge in [0, 0.05) is 0 Å². The smallest absolute Gasteiger partial charge is 0.0678 e. The molecule has 5 aliphatic carbocycles. The van der Waals surface area contributed by atoms with Gasteiger partial charge in [-0.15, -0.1) is 0 Å². The predicted molar refractivity (Wildman–Crippen MR) is 43.1 cm³/mol. The van der Waals surface area contributed by atoms with Crippen LogP contribution in [0.25, 0.3) is 0 Å². The maximum atomic E-state index is 10.2. The van der Waals surface area contributed by atoms with Crippen LogP contribution < -0.4 is 0 Å². The number of fused-ring (bicyclic) bond motifs is 2. The normalized spacial score (nSPS) is 60.3. The summed E-state index contributed by atoms with van der Waals surface area (Å²) in [4.78, 5) is 0. The lowest BCUT2D eigenvalue weighted by Gasteiger charge is -2.57. The minimum absolute atomic E-state index is 0.197. The third kappa shape index (κ3) is 0.703. The van der Waals surface area contributed by atoms with Crippen LogP contribution in [0.4, 0.5) is 0 Å². The first kappa shape index (κ1) is 6.47. The summed E-state index contributed by atoms with van der Waals surface area (Å²) in [5.74, 6) is 2.59. The van der Waals surface area contributed by atoms with Crippen molar-refractivity contribution in [2.24, 2.45) is 17.8 Å². The van der Waals surface area contributed by atoms with Crippen molar-refractivity contribution >= 4 is 0 Å². The summed E-state index contributed by atoms with van der Waals surface area (Å²) < 4.78 is 0. The van der Waals surface area contributed by atoms with Crippen molar-refractivity contribution in [1.29, 1.82) is 0 Å². The Bertz CT molecular complexity index is 189. The van der Waals surface area contributed by atoms with E-state index in [1.807, 2.05) is 0 Å². The second-order valence-corrected chi connectivity index (χ2v) is 4.88. The molecule has 0 aromatic carbocycles. The van der Waals surface area contributed by atoms with Gasteiger partial charge in [-0.3, -0.25) is 0 Å². The van der Waals surface area contributed by atoms with E-state index < -0.39 is 0 Å². The molecule has 1 N–H and O–H groups in total. The van der Waals surface area contributed by atoms with E-state index >= 15 is 0 Å². The van der Waals surface area contributed by atoms with E-state index in [9.17, 15) is 5.11 Å². The molecule has 11 heavy (non-hydrogen) atoms. The monoisotopic (exact) mass is 152 g/mol. The third-order valence-electron chi connectivity index (χ3n) is 4.46. The van der Waals surface area contributed by atoms with Crippen LogP contribution in [-0.4, -0.2) is 10.7 Å². The number of rotatable bonds is 0. The molecule has 5 rings (SSSR count). The van der Waals surface area contributed by atoms with Gasteiger partial charge in [0.05, 0.1) is 5.60 Å². The average molecular weight is 152 g/mol. The van der Waals surface area contributed by atoms with Gasteiger partial charge in [0.1, 0.15) is 0 Å². The quantitative estimate of drug-likeness (QED) is 0.562. The molecular weight excluding hydrogens is 136 g/mol. The highest BCUT2D eigenvalue weighted by atomic mass is 16.3. The molecule has 5 aliphatic rings. The Morgan fingerprint density at radius 3 is 2.55 bits per heavy atom. The van der Waals surface area contributed by atoms with Gasteiger partial charge in [0.15, 0.2) is 0 Å². The van der Waals surface area contributed by atoms with E-state index in [-0.39, 0.29) is 5.60 Å². The summed E-state index contributed by atoms with van der Waals surface area (Å²) in [6.45, 7) is 0. The predicted octanol–water partition coefficient (Wildman–Crippen LogP) is 1.95. The van der Waals surface area contributed by atoms with Gasteiger partial charge in [-0.2, -0.15) is 0 Å². The van der Waals surface area contributed by atoms with Crippen molar-refractivity contribution in [2.75, 3.05) is 0 Å². The molecule has 1 nitrogen and oxygen atoms in total. The SMILES string of the molecule is O[C@]12CC[C@@H]3C[C@H]1CC[C@@H]3C2. The lowest BCUT2D eigenvalue weighted by molar-refractivity contribution is -0.160. The zero-order valence-electron chi connectivity index (χ0n) is 6.92. The lowest BCUT2D eigenvalue weighted by Crippen LogP contribution is -2.55. The molecule has 1 heteroatoms. The van der Waals surface area contributed by atoms with Crippen molar-refractivity contribution in [3.8, 4) is 0 Å². The maximum absolute atomic E-state index is 10.2. The molecule has 4 bridgehead atoms. The van der Waals surface area contributed by atoms with Gasteiger partial charge in [-0.05, 0) is 56.3 Å². The molecule has 5 fully saturated rings. The van der Waals surface area contributed by atoms with E-state index in [1.165, 1.54) is 25.7 Å². The molecule has 0 radical (unpaired) electrons. The van der Waals surface area contributed by atoms with Crippen molar-refractivity contribution in [3.05, 3.63) is 0 Å². The molecule has 0 saturated heterocycles. The molecule has 0 aliphatic heterocycles. The number of hydrogen-bond acceptors (Lipinski definition) is 1. The molecule has 4 atom stereocenters. The summed E-state index contributed by atoms with van der Waals surface area (Å²) >= 11 is 0. The molecule has 0 amide bonds. The van der Waals surface area contributed by atoms with Crippen LogP contribution in [0.15, 0.2) is 0 Å². The topological polar surface area (TPSA) is 20.2 Å². The Hall–Kier alpha value is -0.0400. The van der Waals surface area contributed by atoms with Gasteiger partial charge < -0.3 is 5.11 Å². The van der Waals surface area contributed by atoms with Crippen molar-refractivity contribution in [1.82, 2.24) is 0 Å². The molecule has 5 saturated carbocycles. The van der Waals surface area contributed by atoms with Gasteiger partial charge in [0.2, 0.25) is 0 Å². The second kappa shape index (κ2) is 1.82. The van der Waals surface area contributed by atoms with Crippen LogP contribution in [0.1, 0.15) is 38.5 Å². The highest BCUT2D eigenvalue weighted by Gasteiger charge is 2.53. The Labute approximate surface area is 67.8 Å². The standard InChI is InChI=1S/C10H16O/c11-10-4-3-7-5-9(10)2-1-8(7)6-10/h7-9,11H,1-6H2/t7-,8-,9-,10+/m1/s1. The number of aliphatic hydroxyl groups is 1. The fourth-order valence-electron chi connectivity index (χ4n) is 3.80. The first-order valence-electron chi connectivity index (χ1n) is 5.00. The summed E-state index contributed by atoms with van der Waals surface area (Å²) in [7, 11) is 0. The fourth-order valence-corrected chi connectivity index (χ4v) is 3.80. The summed E-state index contributed by atoms with van der Waals surface area (Å²) in [5, 5.41) is 10.2. The molecule has 0 heterocycles. The van der Waals surface area contributed by atoms with Gasteiger partial charge in [-0.1, -0.05) is 0 Å². The van der Waals surface area contributed by atoms with Crippen LogP contribution in [0, 0.1) is 17.8 Å². The summed E-state index contributed by atoms with van der Waals surface area (Å²) in [6.07, 6.45) is 7.65. The first-order chi connectivity index (χ1) is 5.28. The van der Waals surface area contributed by atoms with Crippen LogP contribution in [0.2, 0.25) is 0 Å². The zero-order chi connectivity index (χ0) is 7.47. The minimum atomic E-state index is -0.197. The van der Waals surface area contributed by atoms with Gasteiger partial charge in [-0.25, -0.2) is 0 Å². The summed E-state index contributed by atoms with van der Waals surface area (Å²) in [5.41, 5.74) is -0.197. The van der Waals surface area contributed by atoms with Crippen LogP contribution in [0.5, 0.6) is 0 Å². The van der Waals surface area contributed by atoms with Crippen molar-refractivity contribution < 1.29 is 5.11 Å². The van der Waals surface area contributed by atoms with E-state index in [0.717, 1.165) is 24.7 Å². The highest BCUT2D eigenvalue weighted by Crippen LogP contribution is 2.57. The second-order valence-electron chi connectivity index (χ2n) is 4.88. The van der Waals surface area contributed by atoms with Gasteiger partial charge in [0.25, 0.3) is 0 Å². The number of hydrogen-bond donors (Lipinski definition) is 1. The van der Waals surface area contributed by atoms with Crippen LogP contribution in [0.3, 0.4) is 0 Å². The van der Waals surface area contributed by atoms with Crippen molar-refractivity contribution in [3.63, 3.8) is 0 Å². The molecule has 0 unspecified atom stereocenters. The molecule has 0 aromatic heterocycles. The maximum Gasteiger partial charge on any atom is 0.0678 e. The molecule has 0 aromatic rings. The van der Waals surface area contributed by atoms with Crippen LogP contribution >= 0.6 is 0 Å².